The third kappa shape index (κ3) is 1.48. The molecule has 60 valence electrons. The highest BCUT2D eigenvalue weighted by atomic mass is 16.7. The molecule has 1 aliphatic heterocycles. The topological polar surface area (TPSA) is 27.7 Å². The maximum Gasteiger partial charge on any atom is 0.191 e. The normalized spacial score (nSPS) is 24.6. The zero-order chi connectivity index (χ0) is 7.45. The van der Waals surface area contributed by atoms with Crippen molar-refractivity contribution in [2.45, 2.75) is 18.6 Å². The number of rotatable bonds is 2. The Morgan fingerprint density at radius 1 is 1.30 bits per heavy atom. The zero-order valence-electron chi connectivity index (χ0n) is 6.55. The van der Waals surface area contributed by atoms with Crippen molar-refractivity contribution >= 4 is 0 Å². The number of methoxy groups -OCH3 is 2. The van der Waals surface area contributed by atoms with E-state index in [-0.39, 0.29) is 0 Å². The van der Waals surface area contributed by atoms with E-state index in [1.807, 2.05) is 0 Å². The molecule has 0 radical (unpaired) electrons. The first-order chi connectivity index (χ1) is 4.83. The van der Waals surface area contributed by atoms with Gasteiger partial charge in [0, 0.05) is 27.2 Å². The summed E-state index contributed by atoms with van der Waals surface area (Å²) in [7, 11) is 3.30. The van der Waals surface area contributed by atoms with Crippen molar-refractivity contribution in [3.8, 4) is 0 Å². The molecule has 1 rings (SSSR count). The summed E-state index contributed by atoms with van der Waals surface area (Å²) in [6.45, 7) is 1.38. The molecule has 1 fully saturated rings. The van der Waals surface area contributed by atoms with Gasteiger partial charge in [0.2, 0.25) is 0 Å². The Kier molecular flexibility index (Phi) is 2.65. The molecule has 0 aromatic carbocycles. The summed E-state index contributed by atoms with van der Waals surface area (Å²) >= 11 is 0. The number of ether oxygens (including phenoxy) is 3. The van der Waals surface area contributed by atoms with Crippen molar-refractivity contribution in [3.05, 3.63) is 0 Å². The van der Waals surface area contributed by atoms with Crippen LogP contribution in [0.3, 0.4) is 0 Å². The summed E-state index contributed by atoms with van der Waals surface area (Å²) in [5, 5.41) is 0. The number of hydrogen-bond acceptors (Lipinski definition) is 3. The van der Waals surface area contributed by atoms with Gasteiger partial charge in [0.25, 0.3) is 0 Å². The summed E-state index contributed by atoms with van der Waals surface area (Å²) in [5.74, 6) is -0.460. The van der Waals surface area contributed by atoms with Crippen molar-refractivity contribution < 1.29 is 14.2 Å². The molecule has 0 bridgehead atoms. The summed E-state index contributed by atoms with van der Waals surface area (Å²) in [5.41, 5.74) is 0. The maximum absolute atomic E-state index is 5.22. The highest BCUT2D eigenvalue weighted by molar-refractivity contribution is 4.71. The highest BCUT2D eigenvalue weighted by Crippen LogP contribution is 2.22. The lowest BCUT2D eigenvalue weighted by molar-refractivity contribution is -0.255. The van der Waals surface area contributed by atoms with Crippen molar-refractivity contribution in [3.63, 3.8) is 0 Å². The van der Waals surface area contributed by atoms with Gasteiger partial charge in [-0.2, -0.15) is 0 Å². The Labute approximate surface area is 61.3 Å². The lowest BCUT2D eigenvalue weighted by atomic mass is 10.1. The number of hydrogen-bond donors (Lipinski definition) is 0. The van der Waals surface area contributed by atoms with E-state index in [0.29, 0.717) is 6.61 Å². The standard InChI is InChI=1S/C7H14O3/c1-8-7(9-2)4-3-5-10-6-7/h3-6H2,1-2H3. The third-order valence-electron chi connectivity index (χ3n) is 1.91. The smallest absolute Gasteiger partial charge is 0.191 e. The summed E-state index contributed by atoms with van der Waals surface area (Å²) in [6.07, 6.45) is 1.95. The minimum Gasteiger partial charge on any atom is -0.376 e. The molecular weight excluding hydrogens is 132 g/mol. The van der Waals surface area contributed by atoms with Crippen molar-refractivity contribution in [1.29, 1.82) is 0 Å². The molecule has 0 aromatic heterocycles. The molecule has 0 amide bonds. The monoisotopic (exact) mass is 146 g/mol. The summed E-state index contributed by atoms with van der Waals surface area (Å²) in [4.78, 5) is 0. The van der Waals surface area contributed by atoms with Gasteiger partial charge in [-0.15, -0.1) is 0 Å². The fourth-order valence-corrected chi connectivity index (χ4v) is 1.15. The van der Waals surface area contributed by atoms with E-state index in [1.54, 1.807) is 14.2 Å². The molecule has 1 aliphatic rings. The molecule has 0 spiro atoms. The van der Waals surface area contributed by atoms with Crippen LogP contribution >= 0.6 is 0 Å². The molecular formula is C7H14O3. The van der Waals surface area contributed by atoms with E-state index in [9.17, 15) is 0 Å². The predicted molar refractivity (Wildman–Crippen MR) is 36.8 cm³/mol. The van der Waals surface area contributed by atoms with Gasteiger partial charge in [-0.25, -0.2) is 0 Å². The van der Waals surface area contributed by atoms with Gasteiger partial charge in [0.1, 0.15) is 6.61 Å². The SMILES string of the molecule is COC1(OC)CCCOC1. The average molecular weight is 146 g/mol. The Hall–Kier alpha value is -0.120. The average Bonchev–Trinajstić information content (AvgIpc) is 2.06. The van der Waals surface area contributed by atoms with E-state index in [4.69, 9.17) is 14.2 Å². The van der Waals surface area contributed by atoms with Gasteiger partial charge in [-0.1, -0.05) is 0 Å². The van der Waals surface area contributed by atoms with Crippen molar-refractivity contribution in [2.24, 2.45) is 0 Å². The second kappa shape index (κ2) is 3.32. The van der Waals surface area contributed by atoms with Crippen LogP contribution in [0, 0.1) is 0 Å². The first-order valence-corrected chi connectivity index (χ1v) is 3.51. The Morgan fingerprint density at radius 2 is 2.00 bits per heavy atom. The van der Waals surface area contributed by atoms with Crippen LogP contribution in [0.2, 0.25) is 0 Å². The van der Waals surface area contributed by atoms with Crippen LogP contribution in [0.4, 0.5) is 0 Å². The zero-order valence-corrected chi connectivity index (χ0v) is 6.55. The van der Waals surface area contributed by atoms with E-state index in [2.05, 4.69) is 0 Å². The van der Waals surface area contributed by atoms with Crippen LogP contribution in [-0.4, -0.2) is 33.2 Å². The van der Waals surface area contributed by atoms with Gasteiger partial charge in [0.05, 0.1) is 0 Å². The van der Waals surface area contributed by atoms with Gasteiger partial charge in [0.15, 0.2) is 5.79 Å². The van der Waals surface area contributed by atoms with Gasteiger partial charge >= 0.3 is 0 Å². The Balaban J connectivity index is 2.44. The molecule has 0 aromatic rings. The lowest BCUT2D eigenvalue weighted by Crippen LogP contribution is -2.42. The second-order valence-electron chi connectivity index (χ2n) is 2.48. The lowest BCUT2D eigenvalue weighted by Gasteiger charge is -2.33. The molecule has 0 N–H and O–H groups in total. The Morgan fingerprint density at radius 3 is 2.30 bits per heavy atom. The van der Waals surface area contributed by atoms with E-state index < -0.39 is 5.79 Å². The maximum atomic E-state index is 5.22. The van der Waals surface area contributed by atoms with Gasteiger partial charge in [-0.05, 0) is 6.42 Å². The summed E-state index contributed by atoms with van der Waals surface area (Å²) < 4.78 is 15.6. The third-order valence-corrected chi connectivity index (χ3v) is 1.91. The molecule has 0 aliphatic carbocycles. The van der Waals surface area contributed by atoms with Crippen LogP contribution in [0.1, 0.15) is 12.8 Å². The molecule has 0 saturated carbocycles. The highest BCUT2D eigenvalue weighted by Gasteiger charge is 2.32. The molecule has 3 heteroatoms. The minimum atomic E-state index is -0.460. The fourth-order valence-electron chi connectivity index (χ4n) is 1.15. The van der Waals surface area contributed by atoms with Crippen molar-refractivity contribution in [2.75, 3.05) is 27.4 Å². The van der Waals surface area contributed by atoms with E-state index in [1.165, 1.54) is 0 Å². The first kappa shape index (κ1) is 7.98. The van der Waals surface area contributed by atoms with Crippen LogP contribution in [0.5, 0.6) is 0 Å². The van der Waals surface area contributed by atoms with Gasteiger partial charge in [-0.3, -0.25) is 0 Å². The second-order valence-corrected chi connectivity index (χ2v) is 2.48. The van der Waals surface area contributed by atoms with Crippen LogP contribution < -0.4 is 0 Å². The molecule has 3 nitrogen and oxygen atoms in total. The molecule has 10 heavy (non-hydrogen) atoms. The quantitative estimate of drug-likeness (QED) is 0.539. The van der Waals surface area contributed by atoms with E-state index >= 15 is 0 Å². The van der Waals surface area contributed by atoms with Crippen LogP contribution in [0.25, 0.3) is 0 Å². The van der Waals surface area contributed by atoms with Crippen LogP contribution in [0.15, 0.2) is 0 Å². The minimum absolute atomic E-state index is 0.460. The van der Waals surface area contributed by atoms with Gasteiger partial charge < -0.3 is 14.2 Å². The fraction of sp³-hybridized carbons (Fsp3) is 1.00. The van der Waals surface area contributed by atoms with E-state index in [0.717, 1.165) is 19.4 Å². The predicted octanol–water partition coefficient (Wildman–Crippen LogP) is 0.786. The largest absolute Gasteiger partial charge is 0.376 e. The Bertz CT molecular complexity index is 91.0. The molecule has 0 atom stereocenters. The van der Waals surface area contributed by atoms with Crippen LogP contribution in [-0.2, 0) is 14.2 Å². The summed E-state index contributed by atoms with van der Waals surface area (Å²) in [6, 6.07) is 0. The molecule has 1 saturated heterocycles. The molecule has 1 heterocycles. The van der Waals surface area contributed by atoms with Crippen molar-refractivity contribution in [1.82, 2.24) is 0 Å². The first-order valence-electron chi connectivity index (χ1n) is 3.51. The molecule has 0 unspecified atom stereocenters.